The molecule has 2 aliphatic rings. The van der Waals surface area contributed by atoms with Gasteiger partial charge in [0.05, 0.1) is 26.1 Å². The SMILES string of the molecule is COc1cc2c(cc1OC)CN(C(=O)C1CCCCC1C(=O)O)CC2. The van der Waals surface area contributed by atoms with Gasteiger partial charge in [-0.15, -0.1) is 0 Å². The summed E-state index contributed by atoms with van der Waals surface area (Å²) in [5, 5.41) is 9.44. The van der Waals surface area contributed by atoms with E-state index < -0.39 is 17.8 Å². The highest BCUT2D eigenvalue weighted by Gasteiger charge is 2.38. The van der Waals surface area contributed by atoms with Gasteiger partial charge in [-0.3, -0.25) is 9.59 Å². The highest BCUT2D eigenvalue weighted by atomic mass is 16.5. The van der Waals surface area contributed by atoms with Crippen molar-refractivity contribution in [2.75, 3.05) is 20.8 Å². The van der Waals surface area contributed by atoms with Crippen LogP contribution >= 0.6 is 0 Å². The minimum absolute atomic E-state index is 0.0208. The van der Waals surface area contributed by atoms with Crippen molar-refractivity contribution in [1.29, 1.82) is 0 Å². The fourth-order valence-electron chi connectivity index (χ4n) is 4.03. The molecular weight excluding hydrogens is 322 g/mol. The largest absolute Gasteiger partial charge is 0.493 e. The van der Waals surface area contributed by atoms with Crippen LogP contribution in [0.4, 0.5) is 0 Å². The van der Waals surface area contributed by atoms with E-state index in [0.717, 1.165) is 30.4 Å². The van der Waals surface area contributed by atoms with Gasteiger partial charge in [-0.2, -0.15) is 0 Å². The molecule has 1 amide bonds. The minimum Gasteiger partial charge on any atom is -0.493 e. The van der Waals surface area contributed by atoms with E-state index in [1.54, 1.807) is 19.1 Å². The number of aliphatic carboxylic acids is 1. The third-order valence-electron chi connectivity index (χ3n) is 5.43. The first-order valence-corrected chi connectivity index (χ1v) is 8.80. The Hall–Kier alpha value is -2.24. The summed E-state index contributed by atoms with van der Waals surface area (Å²) in [4.78, 5) is 26.3. The summed E-state index contributed by atoms with van der Waals surface area (Å²) >= 11 is 0. The van der Waals surface area contributed by atoms with Crippen molar-refractivity contribution >= 4 is 11.9 Å². The molecule has 1 heterocycles. The Bertz CT molecular complexity index is 672. The number of fused-ring (bicyclic) bond motifs is 1. The molecule has 3 rings (SSSR count). The Labute approximate surface area is 147 Å². The number of benzene rings is 1. The number of carbonyl (C=O) groups is 2. The Morgan fingerprint density at radius 2 is 1.64 bits per heavy atom. The Balaban J connectivity index is 1.79. The molecule has 1 aromatic rings. The van der Waals surface area contributed by atoms with Crippen molar-refractivity contribution in [3.8, 4) is 11.5 Å². The fourth-order valence-corrected chi connectivity index (χ4v) is 4.03. The maximum absolute atomic E-state index is 13.0. The van der Waals surface area contributed by atoms with Gasteiger partial charge in [-0.1, -0.05) is 12.8 Å². The fraction of sp³-hybridized carbons (Fsp3) is 0.579. The predicted octanol–water partition coefficient (Wildman–Crippen LogP) is 2.48. The number of carboxylic acid groups (broad SMARTS) is 1. The number of ether oxygens (including phenoxy) is 2. The maximum Gasteiger partial charge on any atom is 0.307 e. The minimum atomic E-state index is -0.845. The zero-order valence-corrected chi connectivity index (χ0v) is 14.8. The van der Waals surface area contributed by atoms with Crippen molar-refractivity contribution in [2.24, 2.45) is 11.8 Å². The van der Waals surface area contributed by atoms with Crippen LogP contribution in [0.15, 0.2) is 12.1 Å². The van der Waals surface area contributed by atoms with Gasteiger partial charge in [-0.25, -0.2) is 0 Å². The van der Waals surface area contributed by atoms with Crippen LogP contribution in [0.3, 0.4) is 0 Å². The van der Waals surface area contributed by atoms with Crippen LogP contribution in [0.25, 0.3) is 0 Å². The second kappa shape index (κ2) is 7.33. The van der Waals surface area contributed by atoms with Crippen LogP contribution in [0.5, 0.6) is 11.5 Å². The lowest BCUT2D eigenvalue weighted by Gasteiger charge is -2.35. The highest BCUT2D eigenvalue weighted by Crippen LogP contribution is 2.36. The molecule has 25 heavy (non-hydrogen) atoms. The maximum atomic E-state index is 13.0. The Morgan fingerprint density at radius 3 is 2.24 bits per heavy atom. The van der Waals surface area contributed by atoms with E-state index in [0.29, 0.717) is 37.4 Å². The molecule has 6 nitrogen and oxygen atoms in total. The first kappa shape index (κ1) is 17.6. The van der Waals surface area contributed by atoms with Gasteiger partial charge >= 0.3 is 5.97 Å². The van der Waals surface area contributed by atoms with Crippen LogP contribution < -0.4 is 9.47 Å². The van der Waals surface area contributed by atoms with Crippen molar-refractivity contribution in [3.05, 3.63) is 23.3 Å². The third kappa shape index (κ3) is 3.43. The number of rotatable bonds is 4. The predicted molar refractivity (Wildman–Crippen MR) is 91.8 cm³/mol. The van der Waals surface area contributed by atoms with Gasteiger partial charge in [0.15, 0.2) is 11.5 Å². The summed E-state index contributed by atoms with van der Waals surface area (Å²) in [7, 11) is 3.20. The quantitative estimate of drug-likeness (QED) is 0.905. The van der Waals surface area contributed by atoms with E-state index in [4.69, 9.17) is 9.47 Å². The first-order valence-electron chi connectivity index (χ1n) is 8.80. The van der Waals surface area contributed by atoms with Crippen LogP contribution in [0, 0.1) is 11.8 Å². The van der Waals surface area contributed by atoms with Gasteiger partial charge in [0.25, 0.3) is 0 Å². The summed E-state index contributed by atoms with van der Waals surface area (Å²) in [6.45, 7) is 1.11. The van der Waals surface area contributed by atoms with Crippen molar-refractivity contribution < 1.29 is 24.2 Å². The van der Waals surface area contributed by atoms with E-state index in [2.05, 4.69) is 0 Å². The molecule has 0 saturated heterocycles. The normalized spacial score (nSPS) is 22.9. The molecule has 0 bridgehead atoms. The van der Waals surface area contributed by atoms with Crippen molar-refractivity contribution in [2.45, 2.75) is 38.6 Å². The molecular formula is C19H25NO5. The van der Waals surface area contributed by atoms with Crippen molar-refractivity contribution in [3.63, 3.8) is 0 Å². The lowest BCUT2D eigenvalue weighted by atomic mass is 9.78. The smallest absolute Gasteiger partial charge is 0.307 e. The van der Waals surface area contributed by atoms with E-state index in [1.807, 2.05) is 12.1 Å². The zero-order valence-electron chi connectivity index (χ0n) is 14.8. The number of hydrogen-bond donors (Lipinski definition) is 1. The molecule has 1 saturated carbocycles. The van der Waals surface area contributed by atoms with Gasteiger partial charge in [0, 0.05) is 13.1 Å². The number of nitrogens with zero attached hydrogens (tertiary/aromatic N) is 1. The topological polar surface area (TPSA) is 76.1 Å². The molecule has 1 N–H and O–H groups in total. The molecule has 1 fully saturated rings. The highest BCUT2D eigenvalue weighted by molar-refractivity contribution is 5.85. The molecule has 0 aromatic heterocycles. The molecule has 0 radical (unpaired) electrons. The first-order chi connectivity index (χ1) is 12.0. The van der Waals surface area contributed by atoms with Gasteiger partial charge in [0.2, 0.25) is 5.91 Å². The zero-order chi connectivity index (χ0) is 18.0. The molecule has 1 aliphatic heterocycles. The third-order valence-corrected chi connectivity index (χ3v) is 5.43. The Kier molecular flexibility index (Phi) is 5.16. The number of amides is 1. The van der Waals surface area contributed by atoms with E-state index in [-0.39, 0.29) is 5.91 Å². The summed E-state index contributed by atoms with van der Waals surface area (Å²) in [6.07, 6.45) is 3.83. The molecule has 2 atom stereocenters. The van der Waals surface area contributed by atoms with Crippen LogP contribution in [-0.2, 0) is 22.6 Å². The molecule has 1 aliphatic carbocycles. The average Bonchev–Trinajstić information content (AvgIpc) is 2.65. The number of carboxylic acids is 1. The molecule has 1 aromatic carbocycles. The number of hydrogen-bond acceptors (Lipinski definition) is 4. The average molecular weight is 347 g/mol. The second-order valence-electron chi connectivity index (χ2n) is 6.82. The summed E-state index contributed by atoms with van der Waals surface area (Å²) < 4.78 is 10.7. The van der Waals surface area contributed by atoms with Crippen molar-refractivity contribution in [1.82, 2.24) is 4.90 Å². The molecule has 6 heteroatoms. The van der Waals surface area contributed by atoms with Crippen LogP contribution in [0.2, 0.25) is 0 Å². The second-order valence-corrected chi connectivity index (χ2v) is 6.82. The monoisotopic (exact) mass is 347 g/mol. The number of methoxy groups -OCH3 is 2. The number of carbonyl (C=O) groups excluding carboxylic acids is 1. The molecule has 2 unspecified atom stereocenters. The Morgan fingerprint density at radius 1 is 1.04 bits per heavy atom. The standard InChI is InChI=1S/C19H25NO5/c1-24-16-9-12-7-8-20(11-13(12)10-17(16)25-2)18(21)14-5-3-4-6-15(14)19(22)23/h9-10,14-15H,3-8,11H2,1-2H3,(H,22,23). The van der Waals surface area contributed by atoms with E-state index in [9.17, 15) is 14.7 Å². The lowest BCUT2D eigenvalue weighted by molar-refractivity contribution is -0.152. The summed E-state index contributed by atoms with van der Waals surface area (Å²) in [5.41, 5.74) is 2.19. The molecule has 0 spiro atoms. The van der Waals surface area contributed by atoms with Gasteiger partial charge < -0.3 is 19.5 Å². The van der Waals surface area contributed by atoms with E-state index in [1.165, 1.54) is 0 Å². The summed E-state index contributed by atoms with van der Waals surface area (Å²) in [6, 6.07) is 3.89. The van der Waals surface area contributed by atoms with Gasteiger partial charge in [0.1, 0.15) is 0 Å². The van der Waals surface area contributed by atoms with E-state index >= 15 is 0 Å². The molecule has 136 valence electrons. The van der Waals surface area contributed by atoms with Crippen LogP contribution in [0.1, 0.15) is 36.8 Å². The van der Waals surface area contributed by atoms with Crippen LogP contribution in [-0.4, -0.2) is 42.6 Å². The van der Waals surface area contributed by atoms with Gasteiger partial charge in [-0.05, 0) is 42.5 Å². The lowest BCUT2D eigenvalue weighted by Crippen LogP contribution is -2.44. The summed E-state index contributed by atoms with van der Waals surface area (Å²) in [5.74, 6) is -0.466.